The molecule has 7 heteroatoms. The minimum atomic E-state index is -0.557. The van der Waals surface area contributed by atoms with Gasteiger partial charge in [-0.2, -0.15) is 0 Å². The van der Waals surface area contributed by atoms with E-state index in [9.17, 15) is 9.18 Å². The SMILES string of the molecule is CCOC(=O)c1cnc2cc(F)c(OC)cc2c1NN. The highest BCUT2D eigenvalue weighted by Crippen LogP contribution is 2.30. The summed E-state index contributed by atoms with van der Waals surface area (Å²) in [6, 6.07) is 2.64. The van der Waals surface area contributed by atoms with Crippen LogP contribution in [0.2, 0.25) is 0 Å². The summed E-state index contributed by atoms with van der Waals surface area (Å²) in [5.41, 5.74) is 3.27. The Kier molecular flexibility index (Phi) is 3.99. The Morgan fingerprint density at radius 2 is 2.25 bits per heavy atom. The number of esters is 1. The summed E-state index contributed by atoms with van der Waals surface area (Å²) < 4.78 is 23.5. The van der Waals surface area contributed by atoms with Gasteiger partial charge in [-0.05, 0) is 13.0 Å². The normalized spacial score (nSPS) is 10.4. The average molecular weight is 279 g/mol. The van der Waals surface area contributed by atoms with Gasteiger partial charge in [0.05, 0.1) is 24.9 Å². The zero-order chi connectivity index (χ0) is 14.7. The van der Waals surface area contributed by atoms with Crippen LogP contribution in [0.1, 0.15) is 17.3 Å². The van der Waals surface area contributed by atoms with Crippen molar-refractivity contribution in [3.8, 4) is 5.75 Å². The Balaban J connectivity index is 2.68. The van der Waals surface area contributed by atoms with Crippen LogP contribution in [0.25, 0.3) is 10.9 Å². The number of anilines is 1. The number of hydrogen-bond acceptors (Lipinski definition) is 6. The predicted molar refractivity (Wildman–Crippen MR) is 72.0 cm³/mol. The third-order valence-electron chi connectivity index (χ3n) is 2.78. The molecule has 1 aromatic heterocycles. The highest BCUT2D eigenvalue weighted by atomic mass is 19.1. The lowest BCUT2D eigenvalue weighted by atomic mass is 10.1. The molecular weight excluding hydrogens is 265 g/mol. The highest BCUT2D eigenvalue weighted by molar-refractivity contribution is 6.05. The standard InChI is InChI=1S/C13H14FN3O3/c1-3-20-13(18)8-6-16-10-5-9(14)11(19-2)4-7(10)12(8)17-15/h4-6H,3,15H2,1-2H3,(H,16,17). The minimum absolute atomic E-state index is 0.0387. The van der Waals surface area contributed by atoms with Crippen molar-refractivity contribution >= 4 is 22.6 Å². The predicted octanol–water partition coefficient (Wildman–Crippen LogP) is 1.84. The molecule has 0 aliphatic carbocycles. The van der Waals surface area contributed by atoms with Crippen LogP contribution in [0.3, 0.4) is 0 Å². The topological polar surface area (TPSA) is 86.5 Å². The molecule has 0 aliphatic heterocycles. The zero-order valence-electron chi connectivity index (χ0n) is 11.1. The second-order valence-electron chi connectivity index (χ2n) is 3.92. The van der Waals surface area contributed by atoms with Crippen molar-refractivity contribution in [3.05, 3.63) is 29.7 Å². The summed E-state index contributed by atoms with van der Waals surface area (Å²) in [5, 5.41) is 0.469. The number of halogens is 1. The van der Waals surface area contributed by atoms with Crippen molar-refractivity contribution in [2.24, 2.45) is 5.84 Å². The quantitative estimate of drug-likeness (QED) is 0.504. The number of fused-ring (bicyclic) bond motifs is 1. The van der Waals surface area contributed by atoms with Gasteiger partial charge in [-0.1, -0.05) is 0 Å². The van der Waals surface area contributed by atoms with Crippen LogP contribution in [-0.2, 0) is 4.74 Å². The average Bonchev–Trinajstić information content (AvgIpc) is 2.45. The molecule has 0 spiro atoms. The van der Waals surface area contributed by atoms with Crippen molar-refractivity contribution in [2.75, 3.05) is 19.1 Å². The smallest absolute Gasteiger partial charge is 0.341 e. The van der Waals surface area contributed by atoms with Crippen LogP contribution in [0.15, 0.2) is 18.3 Å². The van der Waals surface area contributed by atoms with E-state index in [0.717, 1.165) is 0 Å². The lowest BCUT2D eigenvalue weighted by Gasteiger charge is -2.12. The summed E-state index contributed by atoms with van der Waals surface area (Å²) in [6.07, 6.45) is 1.29. The molecule has 1 heterocycles. The molecule has 6 nitrogen and oxygen atoms in total. The molecule has 0 saturated carbocycles. The monoisotopic (exact) mass is 279 g/mol. The fourth-order valence-corrected chi connectivity index (χ4v) is 1.87. The van der Waals surface area contributed by atoms with E-state index in [1.807, 2.05) is 0 Å². The first-order valence-electron chi connectivity index (χ1n) is 5.92. The lowest BCUT2D eigenvalue weighted by molar-refractivity contribution is 0.0527. The number of nitrogen functional groups attached to an aromatic ring is 1. The van der Waals surface area contributed by atoms with E-state index < -0.39 is 11.8 Å². The van der Waals surface area contributed by atoms with Crippen LogP contribution < -0.4 is 16.0 Å². The maximum Gasteiger partial charge on any atom is 0.341 e. The number of hydrogen-bond donors (Lipinski definition) is 2. The molecule has 106 valence electrons. The summed E-state index contributed by atoms with van der Waals surface area (Å²) in [6.45, 7) is 1.92. The first kappa shape index (κ1) is 14.0. The van der Waals surface area contributed by atoms with E-state index in [4.69, 9.17) is 15.3 Å². The van der Waals surface area contributed by atoms with Gasteiger partial charge in [-0.15, -0.1) is 0 Å². The van der Waals surface area contributed by atoms with E-state index in [1.165, 1.54) is 25.4 Å². The number of carbonyl (C=O) groups excluding carboxylic acids is 1. The van der Waals surface area contributed by atoms with Gasteiger partial charge in [0.1, 0.15) is 5.56 Å². The summed E-state index contributed by atoms with van der Waals surface area (Å²) in [4.78, 5) is 15.9. The number of nitrogens with one attached hydrogen (secondary N) is 1. The van der Waals surface area contributed by atoms with E-state index in [-0.39, 0.29) is 17.9 Å². The Morgan fingerprint density at radius 1 is 1.50 bits per heavy atom. The van der Waals surface area contributed by atoms with E-state index in [2.05, 4.69) is 10.4 Å². The van der Waals surface area contributed by atoms with Gasteiger partial charge in [-0.25, -0.2) is 9.18 Å². The van der Waals surface area contributed by atoms with Crippen LogP contribution in [0, 0.1) is 5.82 Å². The van der Waals surface area contributed by atoms with E-state index in [0.29, 0.717) is 16.6 Å². The van der Waals surface area contributed by atoms with Gasteiger partial charge in [0.25, 0.3) is 0 Å². The van der Waals surface area contributed by atoms with Gasteiger partial charge in [0, 0.05) is 17.6 Å². The van der Waals surface area contributed by atoms with Crippen LogP contribution >= 0.6 is 0 Å². The molecule has 2 rings (SSSR count). The van der Waals surface area contributed by atoms with Crippen molar-refractivity contribution in [1.29, 1.82) is 0 Å². The molecule has 0 unspecified atom stereocenters. The van der Waals surface area contributed by atoms with Crippen molar-refractivity contribution in [2.45, 2.75) is 6.92 Å². The molecule has 2 aromatic rings. The first-order valence-corrected chi connectivity index (χ1v) is 5.92. The maximum atomic E-state index is 13.6. The Morgan fingerprint density at radius 3 is 2.85 bits per heavy atom. The second-order valence-corrected chi connectivity index (χ2v) is 3.92. The fourth-order valence-electron chi connectivity index (χ4n) is 1.87. The van der Waals surface area contributed by atoms with Gasteiger partial charge in [0.15, 0.2) is 11.6 Å². The Bertz CT molecular complexity index is 661. The molecule has 0 aliphatic rings. The van der Waals surface area contributed by atoms with Gasteiger partial charge in [0.2, 0.25) is 0 Å². The van der Waals surface area contributed by atoms with Gasteiger partial charge >= 0.3 is 5.97 Å². The molecule has 0 fully saturated rings. The second kappa shape index (κ2) is 5.70. The summed E-state index contributed by atoms with van der Waals surface area (Å²) in [5.74, 6) is 4.40. The molecule has 0 bridgehead atoms. The number of nitrogens with two attached hydrogens (primary N) is 1. The van der Waals surface area contributed by atoms with Crippen molar-refractivity contribution < 1.29 is 18.7 Å². The number of methoxy groups -OCH3 is 1. The third-order valence-corrected chi connectivity index (χ3v) is 2.78. The molecule has 0 amide bonds. The number of pyridine rings is 1. The fraction of sp³-hybridized carbons (Fsp3) is 0.231. The molecule has 3 N–H and O–H groups in total. The number of nitrogens with zero attached hydrogens (tertiary/aromatic N) is 1. The number of carbonyl (C=O) groups is 1. The third kappa shape index (κ3) is 2.35. The molecule has 20 heavy (non-hydrogen) atoms. The van der Waals surface area contributed by atoms with Crippen LogP contribution in [0.4, 0.5) is 10.1 Å². The maximum absolute atomic E-state index is 13.6. The Hall–Kier alpha value is -2.41. The van der Waals surface area contributed by atoms with E-state index >= 15 is 0 Å². The Labute approximate surface area is 114 Å². The molecule has 0 saturated heterocycles. The zero-order valence-corrected chi connectivity index (χ0v) is 11.1. The molecule has 0 atom stereocenters. The van der Waals surface area contributed by atoms with Crippen LogP contribution in [0.5, 0.6) is 5.75 Å². The van der Waals surface area contributed by atoms with Gasteiger partial charge < -0.3 is 14.9 Å². The first-order chi connectivity index (χ1) is 9.62. The van der Waals surface area contributed by atoms with Crippen molar-refractivity contribution in [3.63, 3.8) is 0 Å². The van der Waals surface area contributed by atoms with Crippen LogP contribution in [-0.4, -0.2) is 24.7 Å². The number of benzene rings is 1. The largest absolute Gasteiger partial charge is 0.494 e. The number of ether oxygens (including phenoxy) is 2. The minimum Gasteiger partial charge on any atom is -0.494 e. The molecule has 0 radical (unpaired) electrons. The highest BCUT2D eigenvalue weighted by Gasteiger charge is 2.17. The van der Waals surface area contributed by atoms with E-state index in [1.54, 1.807) is 6.92 Å². The number of hydrazine groups is 1. The summed E-state index contributed by atoms with van der Waals surface area (Å²) >= 11 is 0. The van der Waals surface area contributed by atoms with Gasteiger partial charge in [-0.3, -0.25) is 10.8 Å². The molecular formula is C13H14FN3O3. The number of rotatable bonds is 4. The molecule has 1 aromatic carbocycles. The lowest BCUT2D eigenvalue weighted by Crippen LogP contribution is -2.15. The summed E-state index contributed by atoms with van der Waals surface area (Å²) in [7, 11) is 1.35. The number of aromatic nitrogens is 1. The van der Waals surface area contributed by atoms with Crippen molar-refractivity contribution in [1.82, 2.24) is 4.98 Å².